The number of fused-ring (bicyclic) bond motifs is 2. The summed E-state index contributed by atoms with van der Waals surface area (Å²) >= 11 is 0. The first kappa shape index (κ1) is 22.2. The van der Waals surface area contributed by atoms with Crippen LogP contribution in [0.15, 0.2) is 55.1 Å². The predicted octanol–water partition coefficient (Wildman–Crippen LogP) is 3.65. The first-order chi connectivity index (χ1) is 17.6. The van der Waals surface area contributed by atoms with E-state index in [1.165, 1.54) is 0 Å². The molecule has 182 valence electrons. The highest BCUT2D eigenvalue weighted by molar-refractivity contribution is 6.04. The Hall–Kier alpha value is -4.24. The van der Waals surface area contributed by atoms with Crippen LogP contribution in [0.25, 0.3) is 11.1 Å². The number of carbonyl (C=O) groups is 1. The molecule has 9 nitrogen and oxygen atoms in total. The monoisotopic (exact) mass is 481 g/mol. The largest absolute Gasteiger partial charge is 0.492 e. The van der Waals surface area contributed by atoms with Crippen molar-refractivity contribution in [1.29, 1.82) is 0 Å². The first-order valence-corrected chi connectivity index (χ1v) is 12.1. The lowest BCUT2D eigenvalue weighted by Crippen LogP contribution is -2.28. The van der Waals surface area contributed by atoms with E-state index in [2.05, 4.69) is 42.7 Å². The van der Waals surface area contributed by atoms with E-state index in [0.29, 0.717) is 18.7 Å². The number of aromatic amines is 1. The molecule has 0 unspecified atom stereocenters. The van der Waals surface area contributed by atoms with Gasteiger partial charge in [-0.3, -0.25) is 14.9 Å². The van der Waals surface area contributed by atoms with Gasteiger partial charge in [0.25, 0.3) is 5.91 Å². The lowest BCUT2D eigenvalue weighted by atomic mass is 10.0. The van der Waals surface area contributed by atoms with Crippen LogP contribution < -0.4 is 15.4 Å². The van der Waals surface area contributed by atoms with Gasteiger partial charge in [0.05, 0.1) is 24.1 Å². The predicted molar refractivity (Wildman–Crippen MR) is 137 cm³/mol. The molecule has 5 heterocycles. The Balaban J connectivity index is 1.14. The van der Waals surface area contributed by atoms with Crippen molar-refractivity contribution in [3.63, 3.8) is 0 Å². The summed E-state index contributed by atoms with van der Waals surface area (Å²) in [5, 5.41) is 13.3. The summed E-state index contributed by atoms with van der Waals surface area (Å²) in [6, 6.07) is 9.80. The van der Waals surface area contributed by atoms with E-state index < -0.39 is 0 Å². The molecule has 0 saturated heterocycles. The molecule has 4 aromatic rings. The van der Waals surface area contributed by atoms with Gasteiger partial charge in [-0.05, 0) is 42.8 Å². The molecule has 2 aliphatic heterocycles. The quantitative estimate of drug-likeness (QED) is 0.386. The number of nitrogens with zero attached hydrogens (tertiary/aromatic N) is 4. The summed E-state index contributed by atoms with van der Waals surface area (Å²) in [6.45, 7) is 3.01. The van der Waals surface area contributed by atoms with Gasteiger partial charge in [0.15, 0.2) is 0 Å². The number of pyridine rings is 2. The highest BCUT2D eigenvalue weighted by Gasteiger charge is 2.23. The minimum Gasteiger partial charge on any atom is -0.492 e. The van der Waals surface area contributed by atoms with Crippen LogP contribution in [-0.2, 0) is 25.9 Å². The summed E-state index contributed by atoms with van der Waals surface area (Å²) in [4.78, 5) is 24.3. The molecule has 0 radical (unpaired) electrons. The third-order valence-corrected chi connectivity index (χ3v) is 6.68. The van der Waals surface area contributed by atoms with E-state index in [-0.39, 0.29) is 5.91 Å². The second-order valence-corrected chi connectivity index (χ2v) is 9.24. The lowest BCUT2D eigenvalue weighted by Gasteiger charge is -2.24. The van der Waals surface area contributed by atoms with Crippen LogP contribution in [0, 0.1) is 0 Å². The second kappa shape index (κ2) is 9.43. The van der Waals surface area contributed by atoms with Crippen LogP contribution in [0.1, 0.15) is 32.7 Å². The fraction of sp³-hybridized carbons (Fsp3) is 0.259. The molecular weight excluding hydrogens is 454 g/mol. The van der Waals surface area contributed by atoms with Crippen molar-refractivity contribution in [1.82, 2.24) is 25.1 Å². The van der Waals surface area contributed by atoms with E-state index in [9.17, 15) is 4.79 Å². The van der Waals surface area contributed by atoms with Gasteiger partial charge < -0.3 is 20.3 Å². The Bertz CT molecular complexity index is 1420. The van der Waals surface area contributed by atoms with Crippen LogP contribution >= 0.6 is 0 Å². The van der Waals surface area contributed by atoms with Gasteiger partial charge in [-0.25, -0.2) is 4.98 Å². The van der Waals surface area contributed by atoms with Crippen molar-refractivity contribution in [2.45, 2.75) is 25.9 Å². The Kier molecular flexibility index (Phi) is 5.82. The van der Waals surface area contributed by atoms with Gasteiger partial charge in [-0.2, -0.15) is 5.10 Å². The number of ether oxygens (including phenoxy) is 1. The molecule has 0 spiro atoms. The number of nitrogens with one attached hydrogen (secondary N) is 3. The highest BCUT2D eigenvalue weighted by Crippen LogP contribution is 2.39. The normalized spacial score (nSPS) is 14.6. The molecule has 36 heavy (non-hydrogen) atoms. The van der Waals surface area contributed by atoms with Crippen LogP contribution in [0.2, 0.25) is 0 Å². The molecule has 0 fully saturated rings. The smallest absolute Gasteiger partial charge is 0.257 e. The molecular formula is C27H27N7O2. The number of H-pyrrole nitrogens is 1. The maximum atomic E-state index is 12.9. The number of rotatable bonds is 6. The Morgan fingerprint density at radius 3 is 3.00 bits per heavy atom. The molecule has 0 saturated carbocycles. The highest BCUT2D eigenvalue weighted by atomic mass is 16.5. The zero-order chi connectivity index (χ0) is 24.5. The van der Waals surface area contributed by atoms with Crippen molar-refractivity contribution in [3.05, 3.63) is 83.1 Å². The average Bonchev–Trinajstić information content (AvgIpc) is 3.60. The van der Waals surface area contributed by atoms with Crippen molar-refractivity contribution >= 4 is 17.4 Å². The lowest BCUT2D eigenvalue weighted by molar-refractivity contribution is 0.102. The number of likely N-dealkylation sites (N-methyl/N-ethyl adjacent to an activating group) is 1. The molecule has 3 N–H and O–H groups in total. The standard InChI is InChI=1S/C27H27N7O2/c1-34-7-5-18-10-19(12-28-24(18)16-34)27(35)33-21-4-2-3-17(9-21)11-29-26-22-6-8-36-25(22)23(15-30-26)20-13-31-32-14-20/h2-4,9-10,12-15H,5-8,11,16H2,1H3,(H,29,30)(H,31,32)(H,33,35). The Morgan fingerprint density at radius 2 is 2.11 bits per heavy atom. The zero-order valence-corrected chi connectivity index (χ0v) is 20.0. The number of hydrogen-bond donors (Lipinski definition) is 3. The third kappa shape index (κ3) is 4.40. The molecule has 2 aliphatic rings. The molecule has 0 aliphatic carbocycles. The number of amides is 1. The van der Waals surface area contributed by atoms with E-state index in [1.807, 2.05) is 42.7 Å². The zero-order valence-electron chi connectivity index (χ0n) is 20.0. The number of aromatic nitrogens is 4. The van der Waals surface area contributed by atoms with Gasteiger partial charge in [-0.1, -0.05) is 12.1 Å². The van der Waals surface area contributed by atoms with Gasteiger partial charge in [0.1, 0.15) is 11.6 Å². The molecule has 0 atom stereocenters. The van der Waals surface area contributed by atoms with Gasteiger partial charge >= 0.3 is 0 Å². The van der Waals surface area contributed by atoms with Crippen LogP contribution in [0.5, 0.6) is 5.75 Å². The Morgan fingerprint density at radius 1 is 1.17 bits per heavy atom. The summed E-state index contributed by atoms with van der Waals surface area (Å²) in [7, 11) is 2.08. The topological polar surface area (TPSA) is 108 Å². The van der Waals surface area contributed by atoms with Crippen molar-refractivity contribution in [2.24, 2.45) is 0 Å². The van der Waals surface area contributed by atoms with Crippen LogP contribution in [0.3, 0.4) is 0 Å². The van der Waals surface area contributed by atoms with Gasteiger partial charge in [0, 0.05) is 67.0 Å². The number of benzene rings is 1. The maximum absolute atomic E-state index is 12.9. The Labute approximate surface area is 208 Å². The van der Waals surface area contributed by atoms with Crippen molar-refractivity contribution in [2.75, 3.05) is 30.8 Å². The van der Waals surface area contributed by atoms with E-state index in [0.717, 1.165) is 76.7 Å². The fourth-order valence-electron chi connectivity index (χ4n) is 4.76. The molecule has 1 aromatic carbocycles. The van der Waals surface area contributed by atoms with Crippen LogP contribution in [-0.4, -0.2) is 51.2 Å². The SMILES string of the molecule is CN1CCc2cc(C(=O)Nc3cccc(CNc4ncc(-c5cn[nH]c5)c5c4CCO5)c3)cnc2C1. The van der Waals surface area contributed by atoms with Crippen molar-refractivity contribution in [3.8, 4) is 16.9 Å². The maximum Gasteiger partial charge on any atom is 0.257 e. The molecule has 0 bridgehead atoms. The molecule has 6 rings (SSSR count). The number of carbonyl (C=O) groups excluding carboxylic acids is 1. The summed E-state index contributed by atoms with van der Waals surface area (Å²) in [5.74, 6) is 1.52. The summed E-state index contributed by atoms with van der Waals surface area (Å²) < 4.78 is 5.91. The molecule has 1 amide bonds. The molecule has 9 heteroatoms. The van der Waals surface area contributed by atoms with Gasteiger partial charge in [0.2, 0.25) is 0 Å². The van der Waals surface area contributed by atoms with Crippen LogP contribution in [0.4, 0.5) is 11.5 Å². The molecule has 3 aromatic heterocycles. The number of anilines is 2. The third-order valence-electron chi connectivity index (χ3n) is 6.68. The minimum absolute atomic E-state index is 0.152. The summed E-state index contributed by atoms with van der Waals surface area (Å²) in [6.07, 6.45) is 8.80. The second-order valence-electron chi connectivity index (χ2n) is 9.24. The first-order valence-electron chi connectivity index (χ1n) is 12.1. The summed E-state index contributed by atoms with van der Waals surface area (Å²) in [5.41, 5.74) is 7.54. The van der Waals surface area contributed by atoms with Gasteiger partial charge in [-0.15, -0.1) is 0 Å². The van der Waals surface area contributed by atoms with E-state index in [4.69, 9.17) is 4.74 Å². The van der Waals surface area contributed by atoms with E-state index >= 15 is 0 Å². The average molecular weight is 482 g/mol. The van der Waals surface area contributed by atoms with Crippen molar-refractivity contribution < 1.29 is 9.53 Å². The fourth-order valence-corrected chi connectivity index (χ4v) is 4.76. The minimum atomic E-state index is -0.152. The number of hydrogen-bond acceptors (Lipinski definition) is 7. The van der Waals surface area contributed by atoms with E-state index in [1.54, 1.807) is 12.4 Å².